The van der Waals surface area contributed by atoms with Gasteiger partial charge in [-0.3, -0.25) is 14.5 Å². The first-order valence-corrected chi connectivity index (χ1v) is 12.5. The highest BCUT2D eigenvalue weighted by molar-refractivity contribution is 5.88. The van der Waals surface area contributed by atoms with Gasteiger partial charge in [-0.2, -0.15) is 0 Å². The molecule has 0 bridgehead atoms. The van der Waals surface area contributed by atoms with Crippen molar-refractivity contribution >= 4 is 11.8 Å². The molecule has 5 nitrogen and oxygen atoms in total. The normalized spacial score (nSPS) is 26.8. The second-order valence-corrected chi connectivity index (χ2v) is 10.3. The highest BCUT2D eigenvalue weighted by atomic mass is 16.2. The summed E-state index contributed by atoms with van der Waals surface area (Å²) < 4.78 is 0. The van der Waals surface area contributed by atoms with E-state index in [9.17, 15) is 9.59 Å². The fourth-order valence-corrected chi connectivity index (χ4v) is 6.60. The van der Waals surface area contributed by atoms with Crippen molar-refractivity contribution < 1.29 is 9.59 Å². The number of amides is 2. The number of benzene rings is 1. The SMILES string of the molecule is O=C(CC1CCN(C(=O)C2(c3ccccc3)CCCC2)CC1)N1CCN2CCCC2C1. The van der Waals surface area contributed by atoms with Gasteiger partial charge in [0.25, 0.3) is 0 Å². The van der Waals surface area contributed by atoms with Gasteiger partial charge in [-0.25, -0.2) is 0 Å². The lowest BCUT2D eigenvalue weighted by molar-refractivity contribution is -0.139. The molecule has 168 valence electrons. The molecule has 2 amide bonds. The Balaban J connectivity index is 1.16. The lowest BCUT2D eigenvalue weighted by atomic mass is 9.77. The zero-order valence-electron chi connectivity index (χ0n) is 18.8. The maximum atomic E-state index is 13.7. The Morgan fingerprint density at radius 1 is 0.839 bits per heavy atom. The molecule has 5 rings (SSSR count). The van der Waals surface area contributed by atoms with E-state index in [0.717, 1.165) is 71.2 Å². The van der Waals surface area contributed by atoms with Gasteiger partial charge in [0.1, 0.15) is 0 Å². The van der Waals surface area contributed by atoms with Gasteiger partial charge < -0.3 is 9.80 Å². The lowest BCUT2D eigenvalue weighted by Gasteiger charge is -2.40. The van der Waals surface area contributed by atoms with Crippen LogP contribution in [0, 0.1) is 5.92 Å². The standard InChI is InChI=1S/C26H37N3O2/c30-24(29-18-17-27-14-6-9-23(27)20-29)19-21-10-15-28(16-11-21)25(31)26(12-4-5-13-26)22-7-2-1-3-8-22/h1-3,7-8,21,23H,4-6,9-20H2. The van der Waals surface area contributed by atoms with Crippen LogP contribution in [0.2, 0.25) is 0 Å². The van der Waals surface area contributed by atoms with Crippen molar-refractivity contribution in [3.63, 3.8) is 0 Å². The maximum Gasteiger partial charge on any atom is 0.233 e. The van der Waals surface area contributed by atoms with E-state index in [1.54, 1.807) is 0 Å². The molecule has 31 heavy (non-hydrogen) atoms. The topological polar surface area (TPSA) is 43.9 Å². The summed E-state index contributed by atoms with van der Waals surface area (Å²) in [5, 5.41) is 0. The number of hydrogen-bond acceptors (Lipinski definition) is 3. The fourth-order valence-electron chi connectivity index (χ4n) is 6.60. The Bertz CT molecular complexity index is 781. The molecule has 3 heterocycles. The maximum absolute atomic E-state index is 13.7. The fraction of sp³-hybridized carbons (Fsp3) is 0.692. The Kier molecular flexibility index (Phi) is 6.05. The molecule has 1 aliphatic carbocycles. The van der Waals surface area contributed by atoms with Gasteiger partial charge in [-0.1, -0.05) is 43.2 Å². The highest BCUT2D eigenvalue weighted by Crippen LogP contribution is 2.43. The predicted octanol–water partition coefficient (Wildman–Crippen LogP) is 3.43. The van der Waals surface area contributed by atoms with Crippen molar-refractivity contribution in [1.82, 2.24) is 14.7 Å². The molecule has 3 aliphatic heterocycles. The summed E-state index contributed by atoms with van der Waals surface area (Å²) in [5.74, 6) is 1.10. The summed E-state index contributed by atoms with van der Waals surface area (Å²) in [4.78, 5) is 33.4. The Morgan fingerprint density at radius 3 is 2.32 bits per heavy atom. The van der Waals surface area contributed by atoms with E-state index >= 15 is 0 Å². The van der Waals surface area contributed by atoms with E-state index in [2.05, 4.69) is 39.0 Å². The summed E-state index contributed by atoms with van der Waals surface area (Å²) in [6.07, 6.45) is 9.34. The van der Waals surface area contributed by atoms with E-state index in [-0.39, 0.29) is 5.41 Å². The Morgan fingerprint density at radius 2 is 1.58 bits per heavy atom. The summed E-state index contributed by atoms with van der Waals surface area (Å²) in [6.45, 7) is 5.69. The molecule has 1 unspecified atom stereocenters. The van der Waals surface area contributed by atoms with Crippen LogP contribution in [-0.2, 0) is 15.0 Å². The van der Waals surface area contributed by atoms with E-state index in [4.69, 9.17) is 0 Å². The number of likely N-dealkylation sites (tertiary alicyclic amines) is 1. The minimum absolute atomic E-state index is 0.315. The second kappa shape index (κ2) is 8.93. The first kappa shape index (κ1) is 21.0. The number of piperazine rings is 1. The number of piperidine rings is 1. The van der Waals surface area contributed by atoms with Crippen molar-refractivity contribution in [2.75, 3.05) is 39.3 Å². The molecular weight excluding hydrogens is 386 g/mol. The van der Waals surface area contributed by atoms with Crippen LogP contribution in [0.3, 0.4) is 0 Å². The van der Waals surface area contributed by atoms with Crippen molar-refractivity contribution in [2.45, 2.75) is 69.2 Å². The predicted molar refractivity (Wildman–Crippen MR) is 122 cm³/mol. The molecule has 4 fully saturated rings. The van der Waals surface area contributed by atoms with Crippen LogP contribution in [0.5, 0.6) is 0 Å². The van der Waals surface area contributed by atoms with Crippen LogP contribution >= 0.6 is 0 Å². The Labute approximate surface area is 186 Å². The Hall–Kier alpha value is -1.88. The molecule has 1 aromatic carbocycles. The van der Waals surface area contributed by atoms with E-state index < -0.39 is 0 Å². The minimum atomic E-state index is -0.315. The molecule has 0 radical (unpaired) electrons. The summed E-state index contributed by atoms with van der Waals surface area (Å²) in [7, 11) is 0. The van der Waals surface area contributed by atoms with Crippen LogP contribution in [0.4, 0.5) is 0 Å². The van der Waals surface area contributed by atoms with Gasteiger partial charge in [-0.15, -0.1) is 0 Å². The third kappa shape index (κ3) is 4.13. The van der Waals surface area contributed by atoms with E-state index in [1.807, 2.05) is 6.07 Å². The van der Waals surface area contributed by atoms with Crippen molar-refractivity contribution in [3.05, 3.63) is 35.9 Å². The van der Waals surface area contributed by atoms with Crippen molar-refractivity contribution in [2.24, 2.45) is 5.92 Å². The third-order valence-corrected chi connectivity index (χ3v) is 8.50. The van der Waals surface area contributed by atoms with Gasteiger partial charge in [0, 0.05) is 45.2 Å². The minimum Gasteiger partial charge on any atom is -0.342 e. The first-order chi connectivity index (χ1) is 15.2. The number of rotatable bonds is 4. The van der Waals surface area contributed by atoms with Gasteiger partial charge in [0.15, 0.2) is 0 Å². The molecule has 1 aromatic rings. The molecule has 0 N–H and O–H groups in total. The van der Waals surface area contributed by atoms with Crippen molar-refractivity contribution in [3.8, 4) is 0 Å². The van der Waals surface area contributed by atoms with Gasteiger partial charge in [0.2, 0.25) is 11.8 Å². The van der Waals surface area contributed by atoms with Crippen LogP contribution in [0.15, 0.2) is 30.3 Å². The van der Waals surface area contributed by atoms with Gasteiger partial charge in [0.05, 0.1) is 5.41 Å². The van der Waals surface area contributed by atoms with Crippen LogP contribution in [-0.4, -0.2) is 71.8 Å². The average molecular weight is 424 g/mol. The molecular formula is C26H37N3O2. The monoisotopic (exact) mass is 423 g/mol. The molecule has 3 saturated heterocycles. The molecule has 0 aromatic heterocycles. The van der Waals surface area contributed by atoms with E-state index in [0.29, 0.717) is 30.2 Å². The zero-order valence-corrected chi connectivity index (χ0v) is 18.8. The quantitative estimate of drug-likeness (QED) is 0.745. The number of hydrogen-bond donors (Lipinski definition) is 0. The number of nitrogens with zero attached hydrogens (tertiary/aromatic N) is 3. The van der Waals surface area contributed by atoms with Gasteiger partial charge >= 0.3 is 0 Å². The molecule has 1 saturated carbocycles. The number of fused-ring (bicyclic) bond motifs is 1. The van der Waals surface area contributed by atoms with Crippen LogP contribution in [0.1, 0.15) is 63.4 Å². The summed E-state index contributed by atoms with van der Waals surface area (Å²) >= 11 is 0. The second-order valence-electron chi connectivity index (χ2n) is 10.3. The third-order valence-electron chi connectivity index (χ3n) is 8.50. The van der Waals surface area contributed by atoms with E-state index in [1.165, 1.54) is 24.9 Å². The number of carbonyl (C=O) groups is 2. The first-order valence-electron chi connectivity index (χ1n) is 12.5. The highest BCUT2D eigenvalue weighted by Gasteiger charge is 2.45. The van der Waals surface area contributed by atoms with Crippen LogP contribution < -0.4 is 0 Å². The largest absolute Gasteiger partial charge is 0.342 e. The molecule has 0 spiro atoms. The van der Waals surface area contributed by atoms with Crippen LogP contribution in [0.25, 0.3) is 0 Å². The lowest BCUT2D eigenvalue weighted by Crippen LogP contribution is -2.52. The smallest absolute Gasteiger partial charge is 0.233 e. The molecule has 4 aliphatic rings. The molecule has 5 heteroatoms. The number of carbonyl (C=O) groups excluding carboxylic acids is 2. The summed E-state index contributed by atoms with van der Waals surface area (Å²) in [6, 6.07) is 11.0. The van der Waals surface area contributed by atoms with Crippen molar-refractivity contribution in [1.29, 1.82) is 0 Å². The van der Waals surface area contributed by atoms with Gasteiger partial charge in [-0.05, 0) is 56.6 Å². The summed E-state index contributed by atoms with van der Waals surface area (Å²) in [5.41, 5.74) is 0.881. The molecule has 1 atom stereocenters. The zero-order chi connectivity index (χ0) is 21.3. The average Bonchev–Trinajstić information content (AvgIpc) is 3.49.